The molecule has 6 aromatic rings. The van der Waals surface area contributed by atoms with Crippen LogP contribution in [-0.4, -0.2) is 35.3 Å². The molecule has 0 bridgehead atoms. The highest BCUT2D eigenvalue weighted by atomic mass is 32.2. The number of anilines is 1. The van der Waals surface area contributed by atoms with Crippen molar-refractivity contribution in [2.75, 3.05) is 12.8 Å². The lowest BCUT2D eigenvalue weighted by Gasteiger charge is -2.17. The van der Waals surface area contributed by atoms with Gasteiger partial charge in [0.25, 0.3) is 0 Å². The number of benzene rings is 3. The highest BCUT2D eigenvalue weighted by molar-refractivity contribution is 7.70. The van der Waals surface area contributed by atoms with E-state index in [0.717, 1.165) is 6.07 Å². The molecule has 0 spiro atoms. The average molecular weight is 619 g/mol. The molecule has 0 saturated heterocycles. The average Bonchev–Trinajstić information content (AvgIpc) is 3.40. The second kappa shape index (κ2) is 11.5. The number of fused-ring (bicyclic) bond motifs is 2. The summed E-state index contributed by atoms with van der Waals surface area (Å²) < 4.78 is 67.1. The van der Waals surface area contributed by atoms with Gasteiger partial charge in [0.05, 0.1) is 18.1 Å². The van der Waals surface area contributed by atoms with Crippen molar-refractivity contribution >= 4 is 38.7 Å². The fraction of sp³-hybridized carbons (Fsp3) is 0.133. The second-order valence-corrected chi connectivity index (χ2v) is 10.7. The summed E-state index contributed by atoms with van der Waals surface area (Å²) in [4.78, 5) is 22.4. The monoisotopic (exact) mass is 618 g/mol. The van der Waals surface area contributed by atoms with E-state index in [-0.39, 0.29) is 40.2 Å². The van der Waals surface area contributed by atoms with E-state index < -0.39 is 34.0 Å². The number of hydrogen-bond acceptors (Lipinski definition) is 9. The maximum Gasteiger partial charge on any atom is 0.203 e. The third kappa shape index (κ3) is 5.03. The van der Waals surface area contributed by atoms with Gasteiger partial charge in [-0.15, -0.1) is 0 Å². The van der Waals surface area contributed by atoms with Crippen molar-refractivity contribution in [2.45, 2.75) is 19.5 Å². The first-order valence-electron chi connectivity index (χ1n) is 13.2. The van der Waals surface area contributed by atoms with Gasteiger partial charge in [-0.2, -0.15) is 5.10 Å². The first-order chi connectivity index (χ1) is 21.2. The summed E-state index contributed by atoms with van der Waals surface area (Å²) in [6, 6.07) is 13.7. The summed E-state index contributed by atoms with van der Waals surface area (Å²) >= 11 is 0. The van der Waals surface area contributed by atoms with Crippen molar-refractivity contribution in [3.05, 3.63) is 100 Å². The molecule has 0 aliphatic rings. The van der Waals surface area contributed by atoms with E-state index in [1.54, 1.807) is 25.1 Å². The lowest BCUT2D eigenvalue weighted by atomic mass is 9.99. The van der Waals surface area contributed by atoms with Crippen LogP contribution >= 0.6 is 0 Å². The molecule has 3 N–H and O–H groups in total. The lowest BCUT2D eigenvalue weighted by molar-refractivity contribution is 0.409. The summed E-state index contributed by atoms with van der Waals surface area (Å²) in [5.41, 5.74) is 7.55. The zero-order valence-electron chi connectivity index (χ0n) is 23.2. The van der Waals surface area contributed by atoms with Gasteiger partial charge < -0.3 is 14.9 Å². The maximum absolute atomic E-state index is 14.9. The standard InChI is InChI=1S/C30H24F2N6O5S/c1-15(28-23(16-5-3-6-19(31)12-16)27(39)24-20(32)7-4-8-22(24)43-28)38-30-25(29(33)34-14-35-30)26(37-38)17-9-10-21(42-2)18(11-17)13-36-44(40)41/h3-12,14-15,44H,13H2,1-2H3,(H2,33,34,35)(H,36,40,41). The number of ether oxygens (including phenoxy) is 1. The Hall–Kier alpha value is -5.21. The molecule has 1 unspecified atom stereocenters. The number of thiol groups is 1. The topological polar surface area (TPSA) is 155 Å². The number of methoxy groups -OCH3 is 1. The molecule has 0 fully saturated rings. The molecule has 0 radical (unpaired) electrons. The number of nitrogens with two attached hydrogens (primary N) is 1. The van der Waals surface area contributed by atoms with Crippen LogP contribution in [0, 0.1) is 11.6 Å². The number of hydrogen-bond donors (Lipinski definition) is 3. The number of nitrogens with one attached hydrogen (secondary N) is 1. The molecule has 6 rings (SSSR count). The number of aromatic nitrogens is 4. The summed E-state index contributed by atoms with van der Waals surface area (Å²) in [5, 5.41) is 4.94. The van der Waals surface area contributed by atoms with E-state index in [9.17, 15) is 22.0 Å². The fourth-order valence-electron chi connectivity index (χ4n) is 5.22. The molecule has 14 heteroatoms. The minimum Gasteiger partial charge on any atom is -0.496 e. The zero-order chi connectivity index (χ0) is 31.1. The van der Waals surface area contributed by atoms with Gasteiger partial charge in [0, 0.05) is 17.7 Å². The van der Waals surface area contributed by atoms with Crippen LogP contribution in [0.3, 0.4) is 0 Å². The Morgan fingerprint density at radius 1 is 1.05 bits per heavy atom. The lowest BCUT2D eigenvalue weighted by Crippen LogP contribution is -2.17. The van der Waals surface area contributed by atoms with Crippen LogP contribution in [0.2, 0.25) is 0 Å². The number of nitrogen functional groups attached to an aromatic ring is 1. The van der Waals surface area contributed by atoms with E-state index in [4.69, 9.17) is 20.0 Å². The molecule has 224 valence electrons. The Labute approximate surface area is 250 Å². The molecule has 44 heavy (non-hydrogen) atoms. The molecule has 0 aliphatic carbocycles. The minimum atomic E-state index is -2.86. The third-order valence-electron chi connectivity index (χ3n) is 7.23. The van der Waals surface area contributed by atoms with Crippen molar-refractivity contribution in [3.63, 3.8) is 0 Å². The van der Waals surface area contributed by atoms with E-state index in [0.29, 0.717) is 33.6 Å². The molecule has 3 heterocycles. The Kier molecular flexibility index (Phi) is 7.53. The molecule has 0 aliphatic heterocycles. The molecular weight excluding hydrogens is 594 g/mol. The van der Waals surface area contributed by atoms with Crippen molar-refractivity contribution in [1.82, 2.24) is 24.5 Å². The first kappa shape index (κ1) is 28.9. The molecule has 3 aromatic carbocycles. The highest BCUT2D eigenvalue weighted by Crippen LogP contribution is 2.37. The molecule has 1 atom stereocenters. The van der Waals surface area contributed by atoms with Gasteiger partial charge in [-0.1, -0.05) is 18.2 Å². The SMILES string of the molecule is COc1ccc(-c2nn(C(C)c3oc4cccc(F)c4c(=O)c3-c3cccc(F)c3)c3ncnc(N)c23)cc1CN[SH](=O)=O. The van der Waals surface area contributed by atoms with Crippen LogP contribution < -0.4 is 20.6 Å². The summed E-state index contributed by atoms with van der Waals surface area (Å²) in [5.74, 6) is -0.705. The Morgan fingerprint density at radius 3 is 2.59 bits per heavy atom. The smallest absolute Gasteiger partial charge is 0.203 e. The normalized spacial score (nSPS) is 12.3. The van der Waals surface area contributed by atoms with E-state index >= 15 is 0 Å². The predicted molar refractivity (Wildman–Crippen MR) is 161 cm³/mol. The van der Waals surface area contributed by atoms with E-state index in [1.165, 1.54) is 54.5 Å². The third-order valence-corrected chi connectivity index (χ3v) is 7.64. The highest BCUT2D eigenvalue weighted by Gasteiger charge is 2.28. The van der Waals surface area contributed by atoms with E-state index in [2.05, 4.69) is 14.7 Å². The van der Waals surface area contributed by atoms with E-state index in [1.807, 2.05) is 0 Å². The predicted octanol–water partition coefficient (Wildman–Crippen LogP) is 4.36. The van der Waals surface area contributed by atoms with Crippen molar-refractivity contribution in [3.8, 4) is 28.1 Å². The number of halogens is 2. The van der Waals surface area contributed by atoms with Crippen LogP contribution in [0.15, 0.2) is 76.2 Å². The van der Waals surface area contributed by atoms with Gasteiger partial charge in [-0.3, -0.25) is 4.79 Å². The van der Waals surface area contributed by atoms with Gasteiger partial charge in [-0.05, 0) is 55.0 Å². The zero-order valence-corrected chi connectivity index (χ0v) is 24.1. The summed E-state index contributed by atoms with van der Waals surface area (Å²) in [7, 11) is -1.39. The summed E-state index contributed by atoms with van der Waals surface area (Å²) in [6.45, 7) is 1.67. The van der Waals surface area contributed by atoms with Gasteiger partial charge in [-0.25, -0.2) is 36.6 Å². The molecule has 0 amide bonds. The fourth-order valence-corrected chi connectivity index (χ4v) is 5.52. The largest absolute Gasteiger partial charge is 0.496 e. The van der Waals surface area contributed by atoms with Crippen molar-refractivity contribution < 1.29 is 26.4 Å². The minimum absolute atomic E-state index is 0.00633. The first-order valence-corrected chi connectivity index (χ1v) is 14.4. The van der Waals surface area contributed by atoms with Crippen LogP contribution in [0.1, 0.15) is 24.3 Å². The van der Waals surface area contributed by atoms with Crippen molar-refractivity contribution in [2.24, 2.45) is 0 Å². The molecular formula is C30H24F2N6O5S. The summed E-state index contributed by atoms with van der Waals surface area (Å²) in [6.07, 6.45) is 1.26. The van der Waals surface area contributed by atoms with Gasteiger partial charge >= 0.3 is 0 Å². The Bertz CT molecular complexity index is 2210. The molecule has 3 aromatic heterocycles. The molecule has 11 nitrogen and oxygen atoms in total. The van der Waals surface area contributed by atoms with Gasteiger partial charge in [0.15, 0.2) is 5.65 Å². The van der Waals surface area contributed by atoms with Gasteiger partial charge in [0.2, 0.25) is 16.3 Å². The quantitative estimate of drug-likeness (QED) is 0.211. The molecule has 0 saturated carbocycles. The Balaban J connectivity index is 1.60. The van der Waals surface area contributed by atoms with Crippen LogP contribution in [0.25, 0.3) is 44.4 Å². The second-order valence-electron chi connectivity index (χ2n) is 9.84. The van der Waals surface area contributed by atoms with Crippen molar-refractivity contribution in [1.29, 1.82) is 0 Å². The number of nitrogens with zero attached hydrogens (tertiary/aromatic N) is 4. The Morgan fingerprint density at radius 2 is 1.84 bits per heavy atom. The number of rotatable bonds is 8. The maximum atomic E-state index is 14.9. The van der Waals surface area contributed by atoms with Crippen LogP contribution in [-0.2, 0) is 17.4 Å². The van der Waals surface area contributed by atoms with Crippen LogP contribution in [0.4, 0.5) is 14.6 Å². The van der Waals surface area contributed by atoms with Gasteiger partial charge in [0.1, 0.15) is 58.0 Å². The van der Waals surface area contributed by atoms with Crippen LogP contribution in [0.5, 0.6) is 5.75 Å².